The van der Waals surface area contributed by atoms with E-state index in [0.29, 0.717) is 37.2 Å². The molecule has 4 nitrogen and oxygen atoms in total. The molecule has 0 unspecified atom stereocenters. The van der Waals surface area contributed by atoms with Crippen molar-refractivity contribution in [3.05, 3.63) is 11.1 Å². The number of esters is 2. The number of rotatable bonds is 11. The van der Waals surface area contributed by atoms with Gasteiger partial charge in [-0.25, -0.2) is 9.59 Å². The first-order valence-electron chi connectivity index (χ1n) is 8.89. The molecular formula is C19H34O4. The van der Waals surface area contributed by atoms with Gasteiger partial charge in [-0.2, -0.15) is 0 Å². The van der Waals surface area contributed by atoms with Gasteiger partial charge in [0, 0.05) is 11.1 Å². The number of carbonyl (C=O) groups is 2. The van der Waals surface area contributed by atoms with Gasteiger partial charge in [0.15, 0.2) is 0 Å². The average molecular weight is 326 g/mol. The lowest BCUT2D eigenvalue weighted by Crippen LogP contribution is -2.19. The van der Waals surface area contributed by atoms with Crippen LogP contribution in [0, 0.1) is 11.8 Å². The first-order chi connectivity index (χ1) is 10.8. The molecular weight excluding hydrogens is 292 g/mol. The summed E-state index contributed by atoms with van der Waals surface area (Å²) in [6.45, 7) is 12.7. The zero-order valence-electron chi connectivity index (χ0n) is 15.7. The molecule has 0 radical (unpaired) electrons. The van der Waals surface area contributed by atoms with Crippen LogP contribution in [0.25, 0.3) is 0 Å². The third-order valence-electron chi connectivity index (χ3n) is 3.34. The lowest BCUT2D eigenvalue weighted by Gasteiger charge is -2.15. The van der Waals surface area contributed by atoms with Gasteiger partial charge in [0.2, 0.25) is 0 Å². The van der Waals surface area contributed by atoms with Crippen LogP contribution < -0.4 is 0 Å². The Balaban J connectivity index is 5.19. The molecule has 134 valence electrons. The molecule has 0 atom stereocenters. The lowest BCUT2D eigenvalue weighted by molar-refractivity contribution is -0.143. The standard InChI is InChI=1S/C19H34O4/c1-7-9-10-11-17(19(21)23-13-15(5)6)16(8-2)18(20)22-12-14(3)4/h14-15H,7-13H2,1-6H3/b17-16-. The van der Waals surface area contributed by atoms with E-state index in [1.54, 1.807) is 0 Å². The fourth-order valence-electron chi connectivity index (χ4n) is 2.07. The van der Waals surface area contributed by atoms with E-state index in [4.69, 9.17) is 9.47 Å². The Morgan fingerprint density at radius 1 is 0.783 bits per heavy atom. The number of hydrogen-bond acceptors (Lipinski definition) is 4. The van der Waals surface area contributed by atoms with E-state index in [1.807, 2.05) is 34.6 Å². The molecule has 0 aliphatic rings. The Bertz CT molecular complexity index is 394. The summed E-state index contributed by atoms with van der Waals surface area (Å²) in [6.07, 6.45) is 4.02. The van der Waals surface area contributed by atoms with E-state index in [0.717, 1.165) is 19.3 Å². The van der Waals surface area contributed by atoms with Gasteiger partial charge < -0.3 is 9.47 Å². The summed E-state index contributed by atoms with van der Waals surface area (Å²) in [7, 11) is 0. The van der Waals surface area contributed by atoms with E-state index in [1.165, 1.54) is 0 Å². The second kappa shape index (κ2) is 12.1. The molecule has 0 aliphatic carbocycles. The van der Waals surface area contributed by atoms with Gasteiger partial charge in [-0.1, -0.05) is 54.4 Å². The van der Waals surface area contributed by atoms with Crippen LogP contribution in [0.4, 0.5) is 0 Å². The molecule has 0 amide bonds. The van der Waals surface area contributed by atoms with Crippen molar-refractivity contribution < 1.29 is 19.1 Å². The molecule has 0 aromatic rings. The first-order valence-corrected chi connectivity index (χ1v) is 8.89. The maximum Gasteiger partial charge on any atom is 0.334 e. The van der Waals surface area contributed by atoms with Crippen LogP contribution in [0.2, 0.25) is 0 Å². The smallest absolute Gasteiger partial charge is 0.334 e. The second-order valence-corrected chi connectivity index (χ2v) is 6.75. The van der Waals surface area contributed by atoms with Crippen molar-refractivity contribution >= 4 is 11.9 Å². The van der Waals surface area contributed by atoms with Gasteiger partial charge >= 0.3 is 11.9 Å². The van der Waals surface area contributed by atoms with Crippen molar-refractivity contribution in [2.75, 3.05) is 13.2 Å². The maximum atomic E-state index is 12.4. The molecule has 0 aromatic carbocycles. The van der Waals surface area contributed by atoms with Crippen molar-refractivity contribution in [1.29, 1.82) is 0 Å². The molecule has 0 rings (SSSR count). The Hall–Kier alpha value is -1.32. The molecule has 0 saturated heterocycles. The van der Waals surface area contributed by atoms with Crippen molar-refractivity contribution in [3.8, 4) is 0 Å². The summed E-state index contributed by atoms with van der Waals surface area (Å²) in [5.74, 6) is -0.204. The van der Waals surface area contributed by atoms with Crippen molar-refractivity contribution in [2.24, 2.45) is 11.8 Å². The molecule has 4 heteroatoms. The van der Waals surface area contributed by atoms with Gasteiger partial charge in [0.1, 0.15) is 0 Å². The van der Waals surface area contributed by atoms with Crippen LogP contribution >= 0.6 is 0 Å². The highest BCUT2D eigenvalue weighted by Gasteiger charge is 2.22. The predicted octanol–water partition coefficient (Wildman–Crippen LogP) is 4.67. The SMILES string of the molecule is CCCCC/C(C(=O)OCC(C)C)=C(\CC)C(=O)OCC(C)C. The molecule has 23 heavy (non-hydrogen) atoms. The fourth-order valence-corrected chi connectivity index (χ4v) is 2.07. The largest absolute Gasteiger partial charge is 0.462 e. The van der Waals surface area contributed by atoms with E-state index in [9.17, 15) is 9.59 Å². The number of carbonyl (C=O) groups excluding carboxylic acids is 2. The zero-order chi connectivity index (χ0) is 17.8. The molecule has 0 aliphatic heterocycles. The molecule has 0 aromatic heterocycles. The second-order valence-electron chi connectivity index (χ2n) is 6.75. The average Bonchev–Trinajstić information content (AvgIpc) is 2.49. The summed E-state index contributed by atoms with van der Waals surface area (Å²) >= 11 is 0. The normalized spacial score (nSPS) is 12.3. The molecule has 0 heterocycles. The summed E-state index contributed by atoms with van der Waals surface area (Å²) in [6, 6.07) is 0. The highest BCUT2D eigenvalue weighted by Crippen LogP contribution is 2.20. The van der Waals surface area contributed by atoms with E-state index < -0.39 is 0 Å². The summed E-state index contributed by atoms with van der Waals surface area (Å²) in [4.78, 5) is 24.7. The molecule has 0 N–H and O–H groups in total. The predicted molar refractivity (Wildman–Crippen MR) is 93.1 cm³/mol. The minimum absolute atomic E-state index is 0.272. The number of hydrogen-bond donors (Lipinski definition) is 0. The van der Waals surface area contributed by atoms with E-state index in [-0.39, 0.29) is 23.8 Å². The summed E-state index contributed by atoms with van der Waals surface area (Å²) < 4.78 is 10.7. The van der Waals surface area contributed by atoms with Gasteiger partial charge in [-0.15, -0.1) is 0 Å². The first kappa shape index (κ1) is 21.7. The summed E-state index contributed by atoms with van der Waals surface area (Å²) in [5.41, 5.74) is 0.964. The van der Waals surface area contributed by atoms with Crippen LogP contribution in [0.5, 0.6) is 0 Å². The van der Waals surface area contributed by atoms with Crippen LogP contribution in [-0.4, -0.2) is 25.2 Å². The van der Waals surface area contributed by atoms with Crippen molar-refractivity contribution in [2.45, 2.75) is 73.6 Å². The Morgan fingerprint density at radius 3 is 1.65 bits per heavy atom. The highest BCUT2D eigenvalue weighted by molar-refractivity contribution is 6.00. The molecule has 0 bridgehead atoms. The lowest BCUT2D eigenvalue weighted by atomic mass is 9.99. The van der Waals surface area contributed by atoms with Crippen molar-refractivity contribution in [3.63, 3.8) is 0 Å². The Labute approximate surface area is 141 Å². The van der Waals surface area contributed by atoms with Crippen LogP contribution in [0.1, 0.15) is 73.6 Å². The Morgan fingerprint density at radius 2 is 1.26 bits per heavy atom. The van der Waals surface area contributed by atoms with Gasteiger partial charge in [-0.3, -0.25) is 0 Å². The third kappa shape index (κ3) is 9.42. The molecule has 0 saturated carbocycles. The van der Waals surface area contributed by atoms with E-state index in [2.05, 4.69) is 6.92 Å². The zero-order valence-corrected chi connectivity index (χ0v) is 15.7. The van der Waals surface area contributed by atoms with Crippen LogP contribution in [0.3, 0.4) is 0 Å². The van der Waals surface area contributed by atoms with Gasteiger partial charge in [0.25, 0.3) is 0 Å². The quantitative estimate of drug-likeness (QED) is 0.314. The topological polar surface area (TPSA) is 52.6 Å². The Kier molecular flexibility index (Phi) is 11.4. The van der Waals surface area contributed by atoms with Gasteiger partial charge in [0.05, 0.1) is 13.2 Å². The minimum Gasteiger partial charge on any atom is -0.462 e. The third-order valence-corrected chi connectivity index (χ3v) is 3.34. The summed E-state index contributed by atoms with van der Waals surface area (Å²) in [5, 5.41) is 0. The monoisotopic (exact) mass is 326 g/mol. The molecule has 0 fully saturated rings. The van der Waals surface area contributed by atoms with Crippen LogP contribution in [0.15, 0.2) is 11.1 Å². The highest BCUT2D eigenvalue weighted by atomic mass is 16.5. The minimum atomic E-state index is -0.380. The van der Waals surface area contributed by atoms with E-state index >= 15 is 0 Å². The van der Waals surface area contributed by atoms with Crippen LogP contribution in [-0.2, 0) is 19.1 Å². The number of unbranched alkanes of at least 4 members (excludes halogenated alkanes) is 2. The van der Waals surface area contributed by atoms with Crippen molar-refractivity contribution in [1.82, 2.24) is 0 Å². The van der Waals surface area contributed by atoms with Gasteiger partial charge in [-0.05, 0) is 31.1 Å². The maximum absolute atomic E-state index is 12.4. The molecule has 0 spiro atoms. The fraction of sp³-hybridized carbons (Fsp3) is 0.789. The number of ether oxygens (including phenoxy) is 2.